The molecule has 19 heteroatoms. The minimum atomic E-state index is -5.00. The summed E-state index contributed by atoms with van der Waals surface area (Å²) in [5, 5.41) is 10.6. The molecule has 100 heavy (non-hydrogen) atoms. The number of hydrogen-bond donors (Lipinski definition) is 3. The van der Waals surface area contributed by atoms with Crippen molar-refractivity contribution in [1.29, 1.82) is 0 Å². The lowest BCUT2D eigenvalue weighted by molar-refractivity contribution is -0.161. The fraction of sp³-hybridized carbons (Fsp3) is 0.654. The monoisotopic (exact) mass is 1440 g/mol. The highest BCUT2D eigenvalue weighted by Gasteiger charge is 2.30. The number of phosphoric ester groups is 2. The Kier molecular flexibility index (Phi) is 68.6. The zero-order chi connectivity index (χ0) is 73.2. The number of ether oxygens (including phenoxy) is 4. The average Bonchev–Trinajstić information content (AvgIpc) is 0.937. The summed E-state index contributed by atoms with van der Waals surface area (Å²) in [6, 6.07) is 0. The largest absolute Gasteiger partial charge is 0.472 e. The Hall–Kier alpha value is -5.06. The standard InChI is InChI=1S/C81H134O17P2/c1-5-9-13-17-21-25-29-33-36-37-40-43-46-50-54-58-62-66-79(84)92-72-77(98-81(86)68-64-60-56-52-48-44-39-35-31-27-23-19-15-11-7-3)74-96-100(89,90)94-70-75(82)69-93-99(87,88)95-73-76(97-80(85)67-63-59-55-51-47-41-32-28-24-20-16-12-8-4)71-91-78(83)65-61-57-53-49-45-42-38-34-30-26-22-18-14-10-6-2/h9-10,13-14,16,20-22,25-26,28,32-36,38-40,43,45,49,57,61,75-77,82H,5-8,11-12,15,17-19,23-24,27,29-31,37,41-42,44,46-48,50-56,58-60,62-74H2,1-4H3,(H,87,88)(H,89,90)/b13-9-,14-10-,20-16-,25-21-,26-22-,32-28-,36-33-,38-34-,39-35-,43-40-,49-45-,61-57-. The van der Waals surface area contributed by atoms with Crippen LogP contribution in [0.3, 0.4) is 0 Å². The number of aliphatic hydroxyl groups is 1. The first-order valence-electron chi connectivity index (χ1n) is 38.1. The summed E-state index contributed by atoms with van der Waals surface area (Å²) >= 11 is 0. The van der Waals surface area contributed by atoms with Crippen LogP contribution in [0.4, 0.5) is 0 Å². The maximum absolute atomic E-state index is 13.1. The van der Waals surface area contributed by atoms with E-state index in [1.807, 2.05) is 18.2 Å². The Morgan fingerprint density at radius 1 is 0.300 bits per heavy atom. The summed E-state index contributed by atoms with van der Waals surface area (Å²) in [5.41, 5.74) is 0. The van der Waals surface area contributed by atoms with E-state index in [2.05, 4.69) is 149 Å². The van der Waals surface area contributed by atoms with Crippen molar-refractivity contribution in [1.82, 2.24) is 0 Å². The zero-order valence-corrected chi connectivity index (χ0v) is 63.9. The van der Waals surface area contributed by atoms with Gasteiger partial charge >= 0.3 is 39.5 Å². The van der Waals surface area contributed by atoms with E-state index in [-0.39, 0.29) is 25.7 Å². The fourth-order valence-corrected chi connectivity index (χ4v) is 11.1. The van der Waals surface area contributed by atoms with Gasteiger partial charge in [-0.3, -0.25) is 37.3 Å². The van der Waals surface area contributed by atoms with Gasteiger partial charge in [-0.1, -0.05) is 263 Å². The maximum Gasteiger partial charge on any atom is 0.472 e. The van der Waals surface area contributed by atoms with Crippen molar-refractivity contribution < 1.29 is 80.2 Å². The molecule has 0 aromatic carbocycles. The molecule has 0 saturated carbocycles. The van der Waals surface area contributed by atoms with Gasteiger partial charge in [-0.15, -0.1) is 0 Å². The third-order valence-corrected chi connectivity index (χ3v) is 17.2. The smallest absolute Gasteiger partial charge is 0.462 e. The third kappa shape index (κ3) is 71.3. The minimum Gasteiger partial charge on any atom is -0.462 e. The number of aliphatic hydroxyl groups excluding tert-OH is 1. The molecule has 0 saturated heterocycles. The van der Waals surface area contributed by atoms with E-state index in [1.54, 1.807) is 6.08 Å². The van der Waals surface area contributed by atoms with Crippen molar-refractivity contribution in [2.45, 2.75) is 303 Å². The van der Waals surface area contributed by atoms with Crippen LogP contribution in [0.15, 0.2) is 146 Å². The highest BCUT2D eigenvalue weighted by atomic mass is 31.2. The van der Waals surface area contributed by atoms with E-state index in [9.17, 15) is 43.2 Å². The van der Waals surface area contributed by atoms with Gasteiger partial charge in [0.1, 0.15) is 19.3 Å². The van der Waals surface area contributed by atoms with Crippen LogP contribution in [0.25, 0.3) is 0 Å². The molecule has 0 aliphatic carbocycles. The molecular formula is C81H134O17P2. The third-order valence-electron chi connectivity index (χ3n) is 15.3. The van der Waals surface area contributed by atoms with E-state index < -0.39 is 97.5 Å². The summed E-state index contributed by atoms with van der Waals surface area (Å²) < 4.78 is 68.3. The van der Waals surface area contributed by atoms with Crippen LogP contribution in [0.2, 0.25) is 0 Å². The normalized spacial score (nSPS) is 14.8. The Labute approximate surface area is 605 Å². The first-order valence-corrected chi connectivity index (χ1v) is 41.1. The van der Waals surface area contributed by atoms with Crippen molar-refractivity contribution >= 4 is 39.5 Å². The molecule has 0 aromatic rings. The molecule has 0 fully saturated rings. The highest BCUT2D eigenvalue weighted by molar-refractivity contribution is 7.47. The molecule has 0 heterocycles. The Balaban J connectivity index is 5.46. The quantitative estimate of drug-likeness (QED) is 0.0169. The number of carbonyl (C=O) groups excluding carboxylic acids is 4. The molecule has 17 nitrogen and oxygen atoms in total. The van der Waals surface area contributed by atoms with Crippen LogP contribution in [-0.4, -0.2) is 96.7 Å². The summed E-state index contributed by atoms with van der Waals surface area (Å²) in [5.74, 6) is -2.38. The number of hydrogen-bond acceptors (Lipinski definition) is 15. The second kappa shape index (κ2) is 72.3. The van der Waals surface area contributed by atoms with Crippen molar-refractivity contribution in [2.24, 2.45) is 0 Å². The molecule has 570 valence electrons. The average molecular weight is 1440 g/mol. The first-order chi connectivity index (χ1) is 48.7. The lowest BCUT2D eigenvalue weighted by Crippen LogP contribution is -2.30. The number of phosphoric acid groups is 2. The van der Waals surface area contributed by atoms with Crippen LogP contribution in [0, 0.1) is 0 Å². The molecule has 0 rings (SSSR count). The fourth-order valence-electron chi connectivity index (χ4n) is 9.55. The summed E-state index contributed by atoms with van der Waals surface area (Å²) in [6.07, 6.45) is 81.5. The van der Waals surface area contributed by atoms with E-state index >= 15 is 0 Å². The van der Waals surface area contributed by atoms with Crippen LogP contribution in [-0.2, 0) is 65.4 Å². The molecule has 5 atom stereocenters. The second-order valence-electron chi connectivity index (χ2n) is 24.8. The predicted molar refractivity (Wildman–Crippen MR) is 408 cm³/mol. The molecule has 0 aliphatic heterocycles. The van der Waals surface area contributed by atoms with Crippen LogP contribution in [0.1, 0.15) is 285 Å². The zero-order valence-electron chi connectivity index (χ0n) is 62.1. The van der Waals surface area contributed by atoms with Crippen molar-refractivity contribution in [2.75, 3.05) is 39.6 Å². The molecule has 0 aliphatic rings. The predicted octanol–water partition coefficient (Wildman–Crippen LogP) is 21.9. The lowest BCUT2D eigenvalue weighted by Gasteiger charge is -2.21. The van der Waals surface area contributed by atoms with E-state index in [4.69, 9.17) is 37.0 Å². The summed E-state index contributed by atoms with van der Waals surface area (Å²) in [7, 11) is -10.00. The number of esters is 4. The Morgan fingerprint density at radius 2 is 0.580 bits per heavy atom. The van der Waals surface area contributed by atoms with E-state index in [1.165, 1.54) is 38.5 Å². The molecule has 0 radical (unpaired) electrons. The number of carbonyl (C=O) groups is 4. The number of rotatable bonds is 70. The SMILES string of the molecule is CC/C=C\C/C=C\C/C=C\C/C=C\C/C=C\CC(=O)OCC(COP(=O)(O)OCC(O)COP(=O)(O)OCC(COC(=O)CCCCCC/C=C\C/C=C\C/C=C\C/C=C\CC)OC(=O)CCCCCCC/C=C\CCCCCCCC)OC(=O)CCCCCCC/C=C\C/C=C\CCC. The van der Waals surface area contributed by atoms with E-state index in [0.29, 0.717) is 25.7 Å². The van der Waals surface area contributed by atoms with Gasteiger partial charge < -0.3 is 33.8 Å². The molecule has 0 amide bonds. The van der Waals surface area contributed by atoms with Gasteiger partial charge in [0, 0.05) is 19.3 Å². The number of allylic oxidation sites excluding steroid dienone is 23. The molecule has 3 N–H and O–H groups in total. The van der Waals surface area contributed by atoms with Gasteiger partial charge in [0.2, 0.25) is 0 Å². The number of unbranched alkanes of at least 4 members (excludes halogenated alkanes) is 21. The summed E-state index contributed by atoms with van der Waals surface area (Å²) in [4.78, 5) is 72.8. The Morgan fingerprint density at radius 3 is 0.940 bits per heavy atom. The minimum absolute atomic E-state index is 0.0547. The first kappa shape index (κ1) is 94.9. The van der Waals surface area contributed by atoms with Crippen LogP contribution in [0.5, 0.6) is 0 Å². The van der Waals surface area contributed by atoms with Gasteiger partial charge in [-0.25, -0.2) is 9.13 Å². The molecular weight excluding hydrogens is 1310 g/mol. The van der Waals surface area contributed by atoms with E-state index in [0.717, 1.165) is 167 Å². The van der Waals surface area contributed by atoms with Gasteiger partial charge in [-0.05, 0) is 141 Å². The summed E-state index contributed by atoms with van der Waals surface area (Å²) in [6.45, 7) is 4.39. The van der Waals surface area contributed by atoms with Crippen molar-refractivity contribution in [3.8, 4) is 0 Å². The van der Waals surface area contributed by atoms with Gasteiger partial charge in [0.05, 0.1) is 32.8 Å². The van der Waals surface area contributed by atoms with Crippen LogP contribution < -0.4 is 0 Å². The lowest BCUT2D eigenvalue weighted by atomic mass is 10.1. The van der Waals surface area contributed by atoms with Gasteiger partial charge in [-0.2, -0.15) is 0 Å². The second-order valence-corrected chi connectivity index (χ2v) is 27.7. The maximum atomic E-state index is 13.1. The topological polar surface area (TPSA) is 237 Å². The highest BCUT2D eigenvalue weighted by Crippen LogP contribution is 2.45. The Bertz CT molecular complexity index is 2470. The molecule has 0 spiro atoms. The van der Waals surface area contributed by atoms with Crippen LogP contribution >= 0.6 is 15.6 Å². The van der Waals surface area contributed by atoms with Gasteiger partial charge in [0.25, 0.3) is 0 Å². The van der Waals surface area contributed by atoms with Crippen molar-refractivity contribution in [3.63, 3.8) is 0 Å². The molecule has 0 aromatic heterocycles. The molecule has 5 unspecified atom stereocenters. The molecule has 0 bridgehead atoms. The van der Waals surface area contributed by atoms with Gasteiger partial charge in [0.15, 0.2) is 12.2 Å². The van der Waals surface area contributed by atoms with Crippen molar-refractivity contribution in [3.05, 3.63) is 146 Å².